The number of aromatic nitrogens is 1. The molecule has 1 atom stereocenters. The van der Waals surface area contributed by atoms with Crippen molar-refractivity contribution in [2.75, 3.05) is 44.2 Å². The summed E-state index contributed by atoms with van der Waals surface area (Å²) in [4.78, 5) is 33.3. The van der Waals surface area contributed by atoms with Gasteiger partial charge in [0, 0.05) is 45.3 Å². The van der Waals surface area contributed by atoms with Crippen molar-refractivity contribution in [1.29, 1.82) is 5.26 Å². The smallest absolute Gasteiger partial charge is 0.270 e. The fraction of sp³-hybridized carbons (Fsp3) is 0.615. The number of carbonyl (C=O) groups excluding carboxylic acids is 1. The van der Waals surface area contributed by atoms with Gasteiger partial charge in [0.15, 0.2) is 0 Å². The Morgan fingerprint density at radius 3 is 2.43 bits per heavy atom. The average molecular weight is 516 g/mol. The van der Waals surface area contributed by atoms with Crippen LogP contribution >= 0.6 is 24.0 Å². The molecule has 0 aromatic carbocycles. The SMILES string of the molecule is CCCCC(CC)CN1C(=O)/C(=C\c2c(C)c(C#N)c(=O)n(C)c2N2CCN(CC)CC2)SC1=S. The molecule has 1 aromatic rings. The number of hydrogen-bond donors (Lipinski definition) is 0. The first-order valence-electron chi connectivity index (χ1n) is 12.6. The van der Waals surface area contributed by atoms with Crippen LogP contribution in [0.15, 0.2) is 9.70 Å². The molecule has 2 saturated heterocycles. The van der Waals surface area contributed by atoms with E-state index in [4.69, 9.17) is 12.2 Å². The van der Waals surface area contributed by atoms with E-state index in [9.17, 15) is 14.9 Å². The number of piperazine rings is 1. The average Bonchev–Trinajstić information content (AvgIpc) is 3.12. The maximum atomic E-state index is 13.4. The lowest BCUT2D eigenvalue weighted by Gasteiger charge is -2.37. The molecule has 2 aliphatic rings. The molecule has 9 heteroatoms. The van der Waals surface area contributed by atoms with E-state index in [0.717, 1.165) is 69.8 Å². The fourth-order valence-electron chi connectivity index (χ4n) is 4.83. The van der Waals surface area contributed by atoms with Gasteiger partial charge in [-0.05, 0) is 37.4 Å². The van der Waals surface area contributed by atoms with Crippen LogP contribution in [-0.4, -0.2) is 63.9 Å². The summed E-state index contributed by atoms with van der Waals surface area (Å²) >= 11 is 6.92. The number of hydrogen-bond acceptors (Lipinski definition) is 7. The Hall–Kier alpha value is -2.15. The number of likely N-dealkylation sites (N-methyl/N-ethyl adjacent to an activating group) is 1. The van der Waals surface area contributed by atoms with Crippen molar-refractivity contribution in [2.24, 2.45) is 13.0 Å². The van der Waals surface area contributed by atoms with Crippen molar-refractivity contribution in [2.45, 2.75) is 53.4 Å². The molecule has 190 valence electrons. The lowest BCUT2D eigenvalue weighted by atomic mass is 9.99. The lowest BCUT2D eigenvalue weighted by Crippen LogP contribution is -2.48. The van der Waals surface area contributed by atoms with Gasteiger partial charge in [0.05, 0.1) is 4.91 Å². The Kier molecular flexibility index (Phi) is 9.56. The third-order valence-corrected chi connectivity index (χ3v) is 8.60. The van der Waals surface area contributed by atoms with Crippen LogP contribution in [-0.2, 0) is 11.8 Å². The van der Waals surface area contributed by atoms with E-state index in [0.29, 0.717) is 27.3 Å². The van der Waals surface area contributed by atoms with Crippen molar-refractivity contribution < 1.29 is 4.79 Å². The van der Waals surface area contributed by atoms with E-state index in [2.05, 4.69) is 36.6 Å². The van der Waals surface area contributed by atoms with Crippen LogP contribution in [0, 0.1) is 24.2 Å². The zero-order chi connectivity index (χ0) is 25.7. The molecule has 0 radical (unpaired) electrons. The standard InChI is InChI=1S/C26H37N5O2S2/c1-6-9-10-19(7-2)17-31-25(33)22(35-26(31)34)15-20-18(4)21(16-27)24(32)28(5)23(20)30-13-11-29(8-3)12-14-30/h15,19H,6-14,17H2,1-5H3/b22-15+. The van der Waals surface area contributed by atoms with Crippen molar-refractivity contribution in [1.82, 2.24) is 14.4 Å². The number of unbranched alkanes of at least 4 members (excludes halogenated alkanes) is 1. The summed E-state index contributed by atoms with van der Waals surface area (Å²) in [6.07, 6.45) is 6.23. The molecule has 1 aromatic heterocycles. The van der Waals surface area contributed by atoms with E-state index >= 15 is 0 Å². The van der Waals surface area contributed by atoms with E-state index in [1.165, 1.54) is 11.8 Å². The second kappa shape index (κ2) is 12.2. The molecule has 0 spiro atoms. The Morgan fingerprint density at radius 1 is 1.17 bits per heavy atom. The summed E-state index contributed by atoms with van der Waals surface area (Å²) in [7, 11) is 1.71. The minimum Gasteiger partial charge on any atom is -0.355 e. The second-order valence-electron chi connectivity index (χ2n) is 9.34. The van der Waals surface area contributed by atoms with Gasteiger partial charge in [-0.3, -0.25) is 19.1 Å². The molecule has 3 rings (SSSR count). The van der Waals surface area contributed by atoms with Crippen molar-refractivity contribution in [3.63, 3.8) is 0 Å². The Morgan fingerprint density at radius 2 is 1.86 bits per heavy atom. The first-order chi connectivity index (χ1) is 16.8. The highest BCUT2D eigenvalue weighted by molar-refractivity contribution is 8.26. The molecule has 3 heterocycles. The van der Waals surface area contributed by atoms with Crippen LogP contribution in [0.4, 0.5) is 5.82 Å². The summed E-state index contributed by atoms with van der Waals surface area (Å²) < 4.78 is 2.15. The van der Waals surface area contributed by atoms with E-state index in [1.807, 2.05) is 6.08 Å². The van der Waals surface area contributed by atoms with Gasteiger partial charge in [-0.2, -0.15) is 5.26 Å². The topological polar surface area (TPSA) is 72.6 Å². The van der Waals surface area contributed by atoms with Crippen molar-refractivity contribution in [3.8, 4) is 6.07 Å². The molecule has 1 unspecified atom stereocenters. The van der Waals surface area contributed by atoms with Crippen LogP contribution in [0.3, 0.4) is 0 Å². The number of thiocarbonyl (C=S) groups is 1. The summed E-state index contributed by atoms with van der Waals surface area (Å²) in [5, 5.41) is 9.70. The summed E-state index contributed by atoms with van der Waals surface area (Å²) in [6.45, 7) is 13.3. The molecule has 0 bridgehead atoms. The number of anilines is 1. The molecule has 1 amide bonds. The molecular formula is C26H37N5O2S2. The van der Waals surface area contributed by atoms with E-state index < -0.39 is 0 Å². The van der Waals surface area contributed by atoms with Crippen molar-refractivity contribution in [3.05, 3.63) is 31.9 Å². The van der Waals surface area contributed by atoms with Crippen LogP contribution in [0.25, 0.3) is 6.08 Å². The van der Waals surface area contributed by atoms with Gasteiger partial charge in [-0.25, -0.2) is 0 Å². The molecule has 0 N–H and O–H groups in total. The van der Waals surface area contributed by atoms with Gasteiger partial charge in [0.25, 0.3) is 11.5 Å². The number of pyridine rings is 1. The van der Waals surface area contributed by atoms with Gasteiger partial charge in [0.2, 0.25) is 0 Å². The van der Waals surface area contributed by atoms with E-state index in [1.54, 1.807) is 23.4 Å². The van der Waals surface area contributed by atoms with E-state index in [-0.39, 0.29) is 17.0 Å². The van der Waals surface area contributed by atoms with Gasteiger partial charge in [-0.15, -0.1) is 0 Å². The van der Waals surface area contributed by atoms with Crippen LogP contribution < -0.4 is 10.5 Å². The first kappa shape index (κ1) is 27.4. The number of carbonyl (C=O) groups is 1. The number of nitriles is 1. The molecule has 2 aliphatic heterocycles. The molecule has 7 nitrogen and oxygen atoms in total. The minimum atomic E-state index is -0.302. The zero-order valence-electron chi connectivity index (χ0n) is 21.6. The monoisotopic (exact) mass is 515 g/mol. The number of nitrogens with zero attached hydrogens (tertiary/aromatic N) is 5. The highest BCUT2D eigenvalue weighted by atomic mass is 32.2. The van der Waals surface area contributed by atoms with Crippen LogP contribution in [0.5, 0.6) is 0 Å². The molecule has 35 heavy (non-hydrogen) atoms. The normalized spacial score (nSPS) is 19.0. The van der Waals surface area contributed by atoms with Gasteiger partial charge < -0.3 is 9.80 Å². The summed E-state index contributed by atoms with van der Waals surface area (Å²) in [6, 6.07) is 2.08. The number of thioether (sulfide) groups is 1. The Bertz CT molecular complexity index is 1100. The largest absolute Gasteiger partial charge is 0.355 e. The highest BCUT2D eigenvalue weighted by Gasteiger charge is 2.34. The molecule has 0 saturated carbocycles. The molecule has 2 fully saturated rings. The minimum absolute atomic E-state index is 0.0801. The third-order valence-electron chi connectivity index (χ3n) is 7.22. The van der Waals surface area contributed by atoms with Gasteiger partial charge in [0.1, 0.15) is 21.8 Å². The first-order valence-corrected chi connectivity index (χ1v) is 13.9. The Labute approximate surface area is 218 Å². The summed E-state index contributed by atoms with van der Waals surface area (Å²) in [5.74, 6) is 1.11. The predicted octanol–water partition coefficient (Wildman–Crippen LogP) is 4.12. The quantitative estimate of drug-likeness (QED) is 0.362. The van der Waals surface area contributed by atoms with Gasteiger partial charge in [-0.1, -0.05) is 64.0 Å². The summed E-state index contributed by atoms with van der Waals surface area (Å²) in [5.41, 5.74) is 1.19. The predicted molar refractivity (Wildman–Crippen MR) is 149 cm³/mol. The van der Waals surface area contributed by atoms with Crippen LogP contribution in [0.2, 0.25) is 0 Å². The maximum Gasteiger partial charge on any atom is 0.270 e. The lowest BCUT2D eigenvalue weighted by molar-refractivity contribution is -0.122. The highest BCUT2D eigenvalue weighted by Crippen LogP contribution is 2.36. The van der Waals surface area contributed by atoms with Crippen LogP contribution in [0.1, 0.15) is 63.1 Å². The molecule has 0 aliphatic carbocycles. The number of rotatable bonds is 9. The Balaban J connectivity index is 2.01. The molecular weight excluding hydrogens is 478 g/mol. The second-order valence-corrected chi connectivity index (χ2v) is 11.0. The fourth-order valence-corrected chi connectivity index (χ4v) is 6.09. The number of amides is 1. The zero-order valence-corrected chi connectivity index (χ0v) is 23.2. The van der Waals surface area contributed by atoms with Gasteiger partial charge >= 0.3 is 0 Å². The third kappa shape index (κ3) is 5.82. The van der Waals surface area contributed by atoms with Crippen molar-refractivity contribution >= 4 is 46.1 Å². The maximum absolute atomic E-state index is 13.4.